The third-order valence-corrected chi connectivity index (χ3v) is 8.42. The fourth-order valence-electron chi connectivity index (χ4n) is 4.06. The van der Waals surface area contributed by atoms with E-state index in [9.17, 15) is 8.42 Å². The second-order valence-corrected chi connectivity index (χ2v) is 10.9. The van der Waals surface area contributed by atoms with E-state index in [1.54, 1.807) is 27.8 Å². The predicted molar refractivity (Wildman–Crippen MR) is 125 cm³/mol. The lowest BCUT2D eigenvalue weighted by molar-refractivity contribution is 0.208. The number of nitrogens with zero attached hydrogens (tertiary/aromatic N) is 2. The normalized spacial score (nSPS) is 15.9. The lowest BCUT2D eigenvalue weighted by atomic mass is 10.0. The Bertz CT molecular complexity index is 1070. The zero-order valence-corrected chi connectivity index (χ0v) is 19.1. The summed E-state index contributed by atoms with van der Waals surface area (Å²) in [5.74, 6) is 0. The van der Waals surface area contributed by atoms with Crippen LogP contribution in [0.3, 0.4) is 0 Å². The maximum absolute atomic E-state index is 13.7. The van der Waals surface area contributed by atoms with Crippen LogP contribution < -0.4 is 4.31 Å². The van der Waals surface area contributed by atoms with Gasteiger partial charge in [0.05, 0.1) is 10.6 Å². The molecule has 0 N–H and O–H groups in total. The molecule has 2 heterocycles. The third kappa shape index (κ3) is 4.61. The molecule has 158 valence electrons. The molecule has 2 aromatic carbocycles. The number of benzene rings is 2. The van der Waals surface area contributed by atoms with Crippen LogP contribution in [-0.2, 0) is 16.6 Å². The van der Waals surface area contributed by atoms with Gasteiger partial charge in [0.25, 0.3) is 10.0 Å². The van der Waals surface area contributed by atoms with Crippen LogP contribution in [0.15, 0.2) is 70.9 Å². The summed E-state index contributed by atoms with van der Waals surface area (Å²) in [5, 5.41) is 2.11. The highest BCUT2D eigenvalue weighted by atomic mass is 32.2. The number of anilines is 1. The third-order valence-electron chi connectivity index (χ3n) is 5.68. The second-order valence-electron chi connectivity index (χ2n) is 8.04. The molecule has 0 amide bonds. The van der Waals surface area contributed by atoms with Gasteiger partial charge in [0, 0.05) is 30.6 Å². The van der Waals surface area contributed by atoms with Gasteiger partial charge in [0.1, 0.15) is 0 Å². The van der Waals surface area contributed by atoms with Gasteiger partial charge in [-0.15, -0.1) is 11.3 Å². The Morgan fingerprint density at radius 3 is 2.33 bits per heavy atom. The zero-order valence-electron chi connectivity index (χ0n) is 17.5. The SMILES string of the molecule is Cc1ccc(N(C2CCN(Cc3cccs3)CC2)S(=O)(=O)c2cccc(C)c2)cc1. The van der Waals surface area contributed by atoms with Crippen molar-refractivity contribution >= 4 is 27.0 Å². The average Bonchev–Trinajstić information content (AvgIpc) is 3.24. The van der Waals surface area contributed by atoms with Gasteiger partial charge in [0.15, 0.2) is 0 Å². The molecule has 6 heteroatoms. The van der Waals surface area contributed by atoms with Crippen molar-refractivity contribution in [2.45, 2.75) is 44.2 Å². The number of piperidine rings is 1. The molecule has 1 aromatic heterocycles. The summed E-state index contributed by atoms with van der Waals surface area (Å²) in [6.07, 6.45) is 1.65. The first-order valence-electron chi connectivity index (χ1n) is 10.4. The van der Waals surface area contributed by atoms with Crippen LogP contribution in [0, 0.1) is 13.8 Å². The fraction of sp³-hybridized carbons (Fsp3) is 0.333. The van der Waals surface area contributed by atoms with Crippen molar-refractivity contribution in [2.75, 3.05) is 17.4 Å². The minimum absolute atomic E-state index is 0.0437. The van der Waals surface area contributed by atoms with Crippen LogP contribution in [0.25, 0.3) is 0 Å². The fourth-order valence-corrected chi connectivity index (χ4v) is 6.62. The average molecular weight is 441 g/mol. The highest BCUT2D eigenvalue weighted by Gasteiger charge is 2.34. The Hall–Kier alpha value is -2.15. The van der Waals surface area contributed by atoms with Crippen molar-refractivity contribution in [2.24, 2.45) is 0 Å². The van der Waals surface area contributed by atoms with Crippen LogP contribution in [-0.4, -0.2) is 32.4 Å². The molecule has 0 bridgehead atoms. The first-order valence-corrected chi connectivity index (χ1v) is 12.7. The maximum Gasteiger partial charge on any atom is 0.264 e. The topological polar surface area (TPSA) is 40.6 Å². The molecule has 0 aliphatic carbocycles. The molecule has 1 fully saturated rings. The second kappa shape index (κ2) is 8.92. The van der Waals surface area contributed by atoms with Crippen LogP contribution in [0.4, 0.5) is 5.69 Å². The van der Waals surface area contributed by atoms with E-state index in [1.807, 2.05) is 50.2 Å². The number of aryl methyl sites for hydroxylation is 2. The smallest absolute Gasteiger partial charge is 0.264 e. The summed E-state index contributed by atoms with van der Waals surface area (Å²) >= 11 is 1.78. The molecule has 1 saturated heterocycles. The van der Waals surface area contributed by atoms with Gasteiger partial charge >= 0.3 is 0 Å². The standard InChI is InChI=1S/C24H28N2O2S2/c1-19-8-10-21(11-9-19)26(30(27,28)24-7-3-5-20(2)17-24)22-12-14-25(15-13-22)18-23-6-4-16-29-23/h3-11,16-17,22H,12-15,18H2,1-2H3. The van der Waals surface area contributed by atoms with Gasteiger partial charge in [-0.25, -0.2) is 8.42 Å². The number of rotatable bonds is 6. The molecule has 0 spiro atoms. The van der Waals surface area contributed by atoms with E-state index in [0.29, 0.717) is 4.90 Å². The number of sulfonamides is 1. The Labute approximate surface area is 183 Å². The van der Waals surface area contributed by atoms with Gasteiger partial charge in [-0.1, -0.05) is 35.9 Å². The van der Waals surface area contributed by atoms with E-state index in [0.717, 1.165) is 49.3 Å². The minimum Gasteiger partial charge on any atom is -0.298 e. The summed E-state index contributed by atoms with van der Waals surface area (Å²) in [6.45, 7) is 6.69. The monoisotopic (exact) mass is 440 g/mol. The van der Waals surface area contributed by atoms with Crippen molar-refractivity contribution in [3.05, 3.63) is 82.0 Å². The van der Waals surface area contributed by atoms with Gasteiger partial charge in [0.2, 0.25) is 0 Å². The molecule has 4 rings (SSSR count). The summed E-state index contributed by atoms with van der Waals surface area (Å²) in [4.78, 5) is 4.15. The highest BCUT2D eigenvalue weighted by Crippen LogP contribution is 2.31. The van der Waals surface area contributed by atoms with Gasteiger partial charge in [-0.3, -0.25) is 9.21 Å². The molecular weight excluding hydrogens is 412 g/mol. The first kappa shape index (κ1) is 21.1. The molecule has 3 aromatic rings. The summed E-state index contributed by atoms with van der Waals surface area (Å²) in [5.41, 5.74) is 2.82. The van der Waals surface area contributed by atoms with Crippen molar-refractivity contribution in [1.82, 2.24) is 4.90 Å². The molecule has 0 radical (unpaired) electrons. The lowest BCUT2D eigenvalue weighted by Gasteiger charge is -2.39. The van der Waals surface area contributed by atoms with Crippen molar-refractivity contribution < 1.29 is 8.42 Å². The summed E-state index contributed by atoms with van der Waals surface area (Å²) in [7, 11) is -3.64. The first-order chi connectivity index (χ1) is 14.4. The quantitative estimate of drug-likeness (QED) is 0.527. The van der Waals surface area contributed by atoms with Crippen LogP contribution in [0.1, 0.15) is 28.8 Å². The summed E-state index contributed by atoms with van der Waals surface area (Å²) in [6, 6.07) is 19.3. The minimum atomic E-state index is -3.64. The number of hydrogen-bond acceptors (Lipinski definition) is 4. The zero-order chi connectivity index (χ0) is 21.1. The Balaban J connectivity index is 1.61. The van der Waals surface area contributed by atoms with E-state index in [1.165, 1.54) is 4.88 Å². The van der Waals surface area contributed by atoms with Crippen molar-refractivity contribution in [3.8, 4) is 0 Å². The van der Waals surface area contributed by atoms with Gasteiger partial charge in [-0.05, 0) is 68.0 Å². The predicted octanol–water partition coefficient (Wildman–Crippen LogP) is 5.22. The van der Waals surface area contributed by atoms with E-state index in [-0.39, 0.29) is 6.04 Å². The molecule has 0 atom stereocenters. The van der Waals surface area contributed by atoms with E-state index in [4.69, 9.17) is 0 Å². The lowest BCUT2D eigenvalue weighted by Crippen LogP contribution is -2.47. The Morgan fingerprint density at radius 1 is 0.967 bits per heavy atom. The van der Waals surface area contributed by atoms with Gasteiger partial charge in [-0.2, -0.15) is 0 Å². The van der Waals surface area contributed by atoms with Crippen LogP contribution in [0.2, 0.25) is 0 Å². The molecule has 4 nitrogen and oxygen atoms in total. The van der Waals surface area contributed by atoms with Crippen molar-refractivity contribution in [3.63, 3.8) is 0 Å². The number of thiophene rings is 1. The molecule has 1 aliphatic heterocycles. The van der Waals surface area contributed by atoms with Crippen LogP contribution in [0.5, 0.6) is 0 Å². The van der Waals surface area contributed by atoms with Gasteiger partial charge < -0.3 is 0 Å². The van der Waals surface area contributed by atoms with E-state index in [2.05, 4.69) is 22.4 Å². The van der Waals surface area contributed by atoms with Crippen LogP contribution >= 0.6 is 11.3 Å². The number of hydrogen-bond donors (Lipinski definition) is 0. The number of likely N-dealkylation sites (tertiary alicyclic amines) is 1. The molecule has 1 aliphatic rings. The van der Waals surface area contributed by atoms with Crippen molar-refractivity contribution in [1.29, 1.82) is 0 Å². The molecule has 0 unspecified atom stereocenters. The molecule has 0 saturated carbocycles. The highest BCUT2D eigenvalue weighted by molar-refractivity contribution is 7.92. The molecular formula is C24H28N2O2S2. The van der Waals surface area contributed by atoms with E-state index >= 15 is 0 Å². The Morgan fingerprint density at radius 2 is 1.70 bits per heavy atom. The molecule has 30 heavy (non-hydrogen) atoms. The maximum atomic E-state index is 13.7. The van der Waals surface area contributed by atoms with E-state index < -0.39 is 10.0 Å². The summed E-state index contributed by atoms with van der Waals surface area (Å²) < 4.78 is 29.1. The Kier molecular flexibility index (Phi) is 6.27. The largest absolute Gasteiger partial charge is 0.298 e.